The van der Waals surface area contributed by atoms with E-state index in [9.17, 15) is 14.7 Å². The third kappa shape index (κ3) is 4.01. The fourth-order valence-corrected chi connectivity index (χ4v) is 6.07. The number of amidine groups is 1. The maximum Gasteiger partial charge on any atom is 0.312 e. The molecule has 3 unspecified atom stereocenters. The van der Waals surface area contributed by atoms with Crippen molar-refractivity contribution in [3.05, 3.63) is 46.5 Å². The molecule has 1 aromatic rings. The minimum absolute atomic E-state index is 0.0188. The Labute approximate surface area is 199 Å². The molecule has 9 nitrogen and oxygen atoms in total. The van der Waals surface area contributed by atoms with Crippen LogP contribution in [0.4, 0.5) is 0 Å². The van der Waals surface area contributed by atoms with E-state index in [1.54, 1.807) is 22.9 Å². The van der Waals surface area contributed by atoms with Crippen LogP contribution in [0.15, 0.2) is 50.9 Å². The number of pyridine rings is 1. The molecule has 4 atom stereocenters. The van der Waals surface area contributed by atoms with Gasteiger partial charge >= 0.3 is 5.97 Å². The van der Waals surface area contributed by atoms with E-state index in [2.05, 4.69) is 28.1 Å². The van der Waals surface area contributed by atoms with Crippen molar-refractivity contribution in [3.63, 3.8) is 0 Å². The van der Waals surface area contributed by atoms with Crippen LogP contribution in [0.25, 0.3) is 0 Å². The van der Waals surface area contributed by atoms with Gasteiger partial charge in [-0.15, -0.1) is 0 Å². The van der Waals surface area contributed by atoms with Gasteiger partial charge in [0.2, 0.25) is 0 Å². The van der Waals surface area contributed by atoms with E-state index in [4.69, 9.17) is 9.98 Å². The summed E-state index contributed by atoms with van der Waals surface area (Å²) in [4.78, 5) is 39.0. The molecule has 0 amide bonds. The van der Waals surface area contributed by atoms with E-state index >= 15 is 0 Å². The molecule has 34 heavy (non-hydrogen) atoms. The van der Waals surface area contributed by atoms with Gasteiger partial charge < -0.3 is 19.9 Å². The minimum Gasteiger partial charge on any atom is -0.481 e. The summed E-state index contributed by atoms with van der Waals surface area (Å²) in [6, 6.07) is 5.20. The third-order valence-corrected chi connectivity index (χ3v) is 7.92. The molecule has 4 heterocycles. The smallest absolute Gasteiger partial charge is 0.312 e. The van der Waals surface area contributed by atoms with Crippen LogP contribution in [-0.2, 0) is 11.3 Å². The Morgan fingerprint density at radius 1 is 1.24 bits per heavy atom. The molecule has 1 spiro atoms. The van der Waals surface area contributed by atoms with Gasteiger partial charge in [-0.05, 0) is 24.8 Å². The molecule has 182 valence electrons. The average Bonchev–Trinajstić information content (AvgIpc) is 3.15. The van der Waals surface area contributed by atoms with Crippen LogP contribution in [0.2, 0.25) is 0 Å². The van der Waals surface area contributed by atoms with Crippen LogP contribution < -0.4 is 10.9 Å². The summed E-state index contributed by atoms with van der Waals surface area (Å²) in [5, 5.41) is 13.2. The Morgan fingerprint density at radius 2 is 2.06 bits per heavy atom. The number of hydrogen-bond donors (Lipinski definition) is 2. The molecule has 0 radical (unpaired) electrons. The highest BCUT2D eigenvalue weighted by atomic mass is 16.4. The van der Waals surface area contributed by atoms with Crippen molar-refractivity contribution in [2.45, 2.75) is 38.4 Å². The number of rotatable bonds is 7. The van der Waals surface area contributed by atoms with E-state index in [-0.39, 0.29) is 17.4 Å². The zero-order valence-electron chi connectivity index (χ0n) is 19.8. The molecule has 5 rings (SSSR count). The van der Waals surface area contributed by atoms with Crippen molar-refractivity contribution >= 4 is 18.0 Å². The second-order valence-corrected chi connectivity index (χ2v) is 9.75. The lowest BCUT2D eigenvalue weighted by Crippen LogP contribution is -2.60. The van der Waals surface area contributed by atoms with E-state index < -0.39 is 17.6 Å². The largest absolute Gasteiger partial charge is 0.481 e. The topological polar surface area (TPSA) is 103 Å². The summed E-state index contributed by atoms with van der Waals surface area (Å²) in [6.45, 7) is 8.29. The van der Waals surface area contributed by atoms with Crippen molar-refractivity contribution in [1.82, 2.24) is 19.7 Å². The standard InChI is InChI=1S/C25H34N6O3/c1-18-19(24(33)34)17-27-25-20(18)5-4-6-21(25)28-22(8-12-30-11-3-2-7-23(30)32)31(25)16-15-29-13-9-26-10-14-29/h2-3,6-7,11,17-20,26H,4-5,8-10,12-16H2,1H3,(H,33,34)/t18?,19?,20?,25-/m0/s1. The number of aliphatic carboxylic acids is 1. The first kappa shape index (κ1) is 23.0. The quantitative estimate of drug-likeness (QED) is 0.628. The van der Waals surface area contributed by atoms with E-state index in [1.807, 2.05) is 12.3 Å². The number of hydrogen-bond acceptors (Lipinski definition) is 7. The molecule has 0 saturated carbocycles. The maximum absolute atomic E-state index is 12.3. The molecule has 4 aliphatic rings. The van der Waals surface area contributed by atoms with Crippen LogP contribution in [0.1, 0.15) is 26.2 Å². The van der Waals surface area contributed by atoms with Crippen LogP contribution in [0.5, 0.6) is 0 Å². The zero-order chi connectivity index (χ0) is 23.7. The van der Waals surface area contributed by atoms with Gasteiger partial charge in [-0.1, -0.05) is 19.1 Å². The van der Waals surface area contributed by atoms with Gasteiger partial charge in [0.1, 0.15) is 5.84 Å². The van der Waals surface area contributed by atoms with E-state index in [1.165, 1.54) is 0 Å². The lowest BCUT2D eigenvalue weighted by molar-refractivity contribution is -0.142. The average molecular weight is 467 g/mol. The van der Waals surface area contributed by atoms with Gasteiger partial charge in [0, 0.05) is 76.6 Å². The fraction of sp³-hybridized carbons (Fsp3) is 0.600. The maximum atomic E-state index is 12.3. The first-order valence-corrected chi connectivity index (χ1v) is 12.4. The summed E-state index contributed by atoms with van der Waals surface area (Å²) >= 11 is 0. The van der Waals surface area contributed by atoms with Gasteiger partial charge in [0.05, 0.1) is 11.6 Å². The third-order valence-electron chi connectivity index (χ3n) is 7.92. The van der Waals surface area contributed by atoms with Gasteiger partial charge in [-0.3, -0.25) is 19.5 Å². The minimum atomic E-state index is -0.808. The summed E-state index contributed by atoms with van der Waals surface area (Å²) in [5.74, 6) is -0.384. The Balaban J connectivity index is 1.46. The number of carboxylic acid groups (broad SMARTS) is 1. The van der Waals surface area contributed by atoms with Crippen LogP contribution in [0, 0.1) is 17.8 Å². The summed E-state index contributed by atoms with van der Waals surface area (Å²) in [5.41, 5.74) is 0.301. The Bertz CT molecular complexity index is 1070. The van der Waals surface area contributed by atoms with Crippen LogP contribution in [-0.4, -0.2) is 82.4 Å². The number of nitrogens with zero attached hydrogens (tertiary/aromatic N) is 5. The zero-order valence-corrected chi connectivity index (χ0v) is 19.8. The normalized spacial score (nSPS) is 31.0. The predicted octanol–water partition coefficient (Wildman–Crippen LogP) is 1.27. The summed E-state index contributed by atoms with van der Waals surface area (Å²) in [6.07, 6.45) is 8.06. The molecule has 1 saturated heterocycles. The molecular weight excluding hydrogens is 432 g/mol. The van der Waals surface area contributed by atoms with E-state index in [0.717, 1.165) is 63.6 Å². The number of carbonyl (C=O) groups is 1. The number of aliphatic imine (C=N–C) groups is 2. The molecule has 1 fully saturated rings. The fourth-order valence-electron chi connectivity index (χ4n) is 6.07. The van der Waals surface area contributed by atoms with Gasteiger partial charge in [0.15, 0.2) is 5.66 Å². The van der Waals surface area contributed by atoms with Crippen molar-refractivity contribution < 1.29 is 9.90 Å². The van der Waals surface area contributed by atoms with Crippen molar-refractivity contribution in [2.24, 2.45) is 27.7 Å². The molecule has 0 bridgehead atoms. The molecule has 1 aromatic heterocycles. The lowest BCUT2D eigenvalue weighted by atomic mass is 9.68. The summed E-state index contributed by atoms with van der Waals surface area (Å²) < 4.78 is 1.72. The first-order chi connectivity index (χ1) is 16.5. The molecule has 3 aliphatic heterocycles. The van der Waals surface area contributed by atoms with E-state index in [0.29, 0.717) is 13.0 Å². The Hall–Kier alpha value is -2.78. The molecule has 1 aliphatic carbocycles. The number of piperazine rings is 1. The summed E-state index contributed by atoms with van der Waals surface area (Å²) in [7, 11) is 0. The molecule has 9 heteroatoms. The van der Waals surface area contributed by atoms with Crippen molar-refractivity contribution in [2.75, 3.05) is 39.3 Å². The highest BCUT2D eigenvalue weighted by Crippen LogP contribution is 2.51. The second kappa shape index (κ2) is 9.46. The van der Waals surface area contributed by atoms with Crippen molar-refractivity contribution in [3.8, 4) is 0 Å². The highest BCUT2D eigenvalue weighted by Gasteiger charge is 2.58. The number of aromatic nitrogens is 1. The number of allylic oxidation sites excluding steroid dienone is 1. The Morgan fingerprint density at radius 3 is 2.82 bits per heavy atom. The highest BCUT2D eigenvalue weighted by molar-refractivity contribution is 5.92. The monoisotopic (exact) mass is 466 g/mol. The number of carboxylic acids is 1. The Kier molecular flexibility index (Phi) is 6.40. The van der Waals surface area contributed by atoms with Gasteiger partial charge in [0.25, 0.3) is 5.56 Å². The lowest BCUT2D eigenvalue weighted by Gasteiger charge is -2.50. The number of nitrogens with one attached hydrogen (secondary N) is 1. The first-order valence-electron chi connectivity index (χ1n) is 12.4. The molecule has 2 N–H and O–H groups in total. The predicted molar refractivity (Wildman–Crippen MR) is 131 cm³/mol. The van der Waals surface area contributed by atoms with Crippen molar-refractivity contribution in [1.29, 1.82) is 0 Å². The van der Waals surface area contributed by atoms with Gasteiger partial charge in [-0.2, -0.15) is 0 Å². The van der Waals surface area contributed by atoms with Gasteiger partial charge in [-0.25, -0.2) is 4.99 Å². The number of aryl methyl sites for hydroxylation is 1. The second-order valence-electron chi connectivity index (χ2n) is 9.75. The van der Waals surface area contributed by atoms with Crippen LogP contribution in [0.3, 0.4) is 0 Å². The molecule has 0 aromatic carbocycles. The molecular formula is C25H34N6O3. The SMILES string of the molecule is CC1C(C(=O)O)C=N[C@@]23C(=CCCC12)N=C(CCn1ccccc1=O)N3CCN1CCNCC1. The van der Waals surface area contributed by atoms with Crippen LogP contribution >= 0.6 is 0 Å².